The number of rotatable bonds is 8. The summed E-state index contributed by atoms with van der Waals surface area (Å²) in [5.74, 6) is 1.14. The van der Waals surface area contributed by atoms with E-state index >= 15 is 0 Å². The Labute approximate surface area is 213 Å². The minimum absolute atomic E-state index is 0.104. The minimum atomic E-state index is -3.73. The topological polar surface area (TPSA) is 88.2 Å². The van der Waals surface area contributed by atoms with Gasteiger partial charge in [0.1, 0.15) is 11.5 Å². The third kappa shape index (κ3) is 6.46. The van der Waals surface area contributed by atoms with Crippen LogP contribution in [0.4, 0.5) is 11.4 Å². The predicted octanol–water partition coefficient (Wildman–Crippen LogP) is 3.99. The highest BCUT2D eigenvalue weighted by Gasteiger charge is 2.22. The summed E-state index contributed by atoms with van der Waals surface area (Å²) in [5, 5.41) is 0. The molecule has 0 unspecified atom stereocenters. The first-order valence-corrected chi connectivity index (χ1v) is 13.3. The van der Waals surface area contributed by atoms with Crippen LogP contribution in [0.15, 0.2) is 82.2 Å². The van der Waals surface area contributed by atoms with E-state index < -0.39 is 10.0 Å². The molecule has 1 fully saturated rings. The molecule has 4 rings (SSSR count). The van der Waals surface area contributed by atoms with Gasteiger partial charge in [-0.1, -0.05) is 15.9 Å². The van der Waals surface area contributed by atoms with Crippen molar-refractivity contribution >= 4 is 43.2 Å². The molecule has 1 aliphatic heterocycles. The normalized spacial score (nSPS) is 13.9. The molecular formula is C25H26BrN3O5S. The summed E-state index contributed by atoms with van der Waals surface area (Å²) in [6.45, 7) is 2.57. The molecule has 0 atom stereocenters. The van der Waals surface area contributed by atoms with Crippen LogP contribution in [0.1, 0.15) is 0 Å². The van der Waals surface area contributed by atoms with Crippen molar-refractivity contribution in [3.05, 3.63) is 77.3 Å². The lowest BCUT2D eigenvalue weighted by Crippen LogP contribution is -2.50. The fraction of sp³-hybridized carbons (Fsp3) is 0.240. The quantitative estimate of drug-likeness (QED) is 0.449. The molecule has 8 nitrogen and oxygen atoms in total. The van der Waals surface area contributed by atoms with Crippen LogP contribution in [0.3, 0.4) is 0 Å². The van der Waals surface area contributed by atoms with Crippen molar-refractivity contribution in [2.45, 2.75) is 4.90 Å². The highest BCUT2D eigenvalue weighted by atomic mass is 79.9. The minimum Gasteiger partial charge on any atom is -0.497 e. The van der Waals surface area contributed by atoms with E-state index in [1.165, 1.54) is 12.1 Å². The molecule has 0 radical (unpaired) electrons. The second-order valence-electron chi connectivity index (χ2n) is 7.94. The molecular weight excluding hydrogens is 534 g/mol. The lowest BCUT2D eigenvalue weighted by atomic mass is 10.2. The average molecular weight is 560 g/mol. The Morgan fingerprint density at radius 2 is 1.49 bits per heavy atom. The summed E-state index contributed by atoms with van der Waals surface area (Å²) in [5.41, 5.74) is 1.56. The maximum absolute atomic E-state index is 12.6. The molecule has 0 spiro atoms. The van der Waals surface area contributed by atoms with Crippen molar-refractivity contribution in [2.75, 3.05) is 49.5 Å². The SMILES string of the molecule is COc1ccc(N2CCN(C(=O)COc3ccc(S(=O)(=O)Nc4ccc(Br)cc4)cc3)CC2)cc1. The number of nitrogens with one attached hydrogen (secondary N) is 1. The maximum Gasteiger partial charge on any atom is 0.261 e. The fourth-order valence-corrected chi connectivity index (χ4v) is 5.01. The number of carbonyl (C=O) groups excluding carboxylic acids is 1. The number of hydrogen-bond acceptors (Lipinski definition) is 6. The van der Waals surface area contributed by atoms with Crippen LogP contribution >= 0.6 is 15.9 Å². The molecule has 3 aromatic rings. The van der Waals surface area contributed by atoms with Gasteiger partial charge in [-0.15, -0.1) is 0 Å². The molecule has 1 amide bonds. The maximum atomic E-state index is 12.6. The van der Waals surface area contributed by atoms with Crippen molar-refractivity contribution in [1.82, 2.24) is 4.90 Å². The van der Waals surface area contributed by atoms with Crippen LogP contribution in [0.5, 0.6) is 11.5 Å². The van der Waals surface area contributed by atoms with Gasteiger partial charge in [0.05, 0.1) is 12.0 Å². The third-order valence-electron chi connectivity index (χ3n) is 5.66. The van der Waals surface area contributed by atoms with Gasteiger partial charge in [0, 0.05) is 42.0 Å². The smallest absolute Gasteiger partial charge is 0.261 e. The number of piperazine rings is 1. The van der Waals surface area contributed by atoms with Gasteiger partial charge in [-0.05, 0) is 72.8 Å². The van der Waals surface area contributed by atoms with E-state index in [1.807, 2.05) is 24.3 Å². The molecule has 0 aliphatic carbocycles. The lowest BCUT2D eigenvalue weighted by molar-refractivity contribution is -0.133. The zero-order chi connectivity index (χ0) is 24.8. The van der Waals surface area contributed by atoms with Crippen molar-refractivity contribution in [1.29, 1.82) is 0 Å². The number of benzene rings is 3. The number of hydrogen-bond donors (Lipinski definition) is 1. The van der Waals surface area contributed by atoms with Gasteiger partial charge in [-0.3, -0.25) is 9.52 Å². The Morgan fingerprint density at radius 1 is 0.886 bits per heavy atom. The van der Waals surface area contributed by atoms with Crippen molar-refractivity contribution in [3.63, 3.8) is 0 Å². The molecule has 1 N–H and O–H groups in total. The van der Waals surface area contributed by atoms with E-state index in [4.69, 9.17) is 9.47 Å². The van der Waals surface area contributed by atoms with Crippen LogP contribution in [-0.4, -0.2) is 59.1 Å². The summed E-state index contributed by atoms with van der Waals surface area (Å²) in [6, 6.07) is 20.7. The second-order valence-corrected chi connectivity index (χ2v) is 10.5. The van der Waals surface area contributed by atoms with E-state index in [-0.39, 0.29) is 17.4 Å². The Kier molecular flexibility index (Phi) is 7.82. The number of ether oxygens (including phenoxy) is 2. The summed E-state index contributed by atoms with van der Waals surface area (Å²) in [7, 11) is -2.09. The number of carbonyl (C=O) groups is 1. The van der Waals surface area contributed by atoms with E-state index in [0.29, 0.717) is 24.5 Å². The van der Waals surface area contributed by atoms with Gasteiger partial charge in [0.15, 0.2) is 6.61 Å². The van der Waals surface area contributed by atoms with Gasteiger partial charge in [0.2, 0.25) is 0 Å². The number of anilines is 2. The molecule has 0 saturated carbocycles. The zero-order valence-electron chi connectivity index (χ0n) is 19.2. The number of methoxy groups -OCH3 is 1. The van der Waals surface area contributed by atoms with E-state index in [0.717, 1.165) is 29.0 Å². The third-order valence-corrected chi connectivity index (χ3v) is 7.59. The number of sulfonamides is 1. The number of amides is 1. The van der Waals surface area contributed by atoms with E-state index in [9.17, 15) is 13.2 Å². The summed E-state index contributed by atoms with van der Waals surface area (Å²) >= 11 is 3.32. The van der Waals surface area contributed by atoms with Gasteiger partial charge in [-0.25, -0.2) is 8.42 Å². The first-order valence-electron chi connectivity index (χ1n) is 11.0. The largest absolute Gasteiger partial charge is 0.497 e. The van der Waals surface area contributed by atoms with Gasteiger partial charge >= 0.3 is 0 Å². The average Bonchev–Trinajstić information content (AvgIpc) is 2.89. The van der Waals surface area contributed by atoms with Gasteiger partial charge in [-0.2, -0.15) is 0 Å². The van der Waals surface area contributed by atoms with Crippen molar-refractivity contribution in [3.8, 4) is 11.5 Å². The predicted molar refractivity (Wildman–Crippen MR) is 139 cm³/mol. The summed E-state index contributed by atoms with van der Waals surface area (Å²) < 4.78 is 39.4. The number of nitrogens with zero attached hydrogens (tertiary/aromatic N) is 2. The zero-order valence-corrected chi connectivity index (χ0v) is 21.6. The Hall–Kier alpha value is -3.24. The van der Waals surface area contributed by atoms with Crippen LogP contribution in [0.2, 0.25) is 0 Å². The monoisotopic (exact) mass is 559 g/mol. The van der Waals surface area contributed by atoms with Crippen LogP contribution < -0.4 is 19.1 Å². The highest BCUT2D eigenvalue weighted by Crippen LogP contribution is 2.22. The van der Waals surface area contributed by atoms with Crippen LogP contribution in [0.25, 0.3) is 0 Å². The lowest BCUT2D eigenvalue weighted by Gasteiger charge is -2.36. The molecule has 1 heterocycles. The van der Waals surface area contributed by atoms with Crippen molar-refractivity contribution < 1.29 is 22.7 Å². The molecule has 0 aromatic heterocycles. The fourth-order valence-electron chi connectivity index (χ4n) is 3.69. The highest BCUT2D eigenvalue weighted by molar-refractivity contribution is 9.10. The molecule has 0 bridgehead atoms. The van der Waals surface area contributed by atoms with Crippen molar-refractivity contribution in [2.24, 2.45) is 0 Å². The standard InChI is InChI=1S/C25H26BrN3O5S/c1-33-22-8-6-21(7-9-22)28-14-16-29(17-15-28)25(30)18-34-23-10-12-24(13-11-23)35(31,32)27-20-4-2-19(26)3-5-20/h2-13,27H,14-18H2,1H3. The van der Waals surface area contributed by atoms with Gasteiger partial charge in [0.25, 0.3) is 15.9 Å². The van der Waals surface area contributed by atoms with Crippen LogP contribution in [-0.2, 0) is 14.8 Å². The molecule has 10 heteroatoms. The molecule has 184 valence electrons. The second kappa shape index (κ2) is 11.0. The Balaban J connectivity index is 1.26. The van der Waals surface area contributed by atoms with Crippen LogP contribution in [0, 0.1) is 0 Å². The first-order chi connectivity index (χ1) is 16.8. The first kappa shape index (κ1) is 24.9. The molecule has 1 saturated heterocycles. The Bertz CT molecular complexity index is 1240. The molecule has 1 aliphatic rings. The van der Waals surface area contributed by atoms with E-state index in [2.05, 4.69) is 25.6 Å². The molecule has 35 heavy (non-hydrogen) atoms. The van der Waals surface area contributed by atoms with E-state index in [1.54, 1.807) is 48.4 Å². The molecule has 3 aromatic carbocycles. The summed E-state index contributed by atoms with van der Waals surface area (Å²) in [4.78, 5) is 16.7. The summed E-state index contributed by atoms with van der Waals surface area (Å²) in [6.07, 6.45) is 0. The Morgan fingerprint density at radius 3 is 2.09 bits per heavy atom. The van der Waals surface area contributed by atoms with Gasteiger partial charge < -0.3 is 19.3 Å². The number of halogens is 1.